The van der Waals surface area contributed by atoms with Gasteiger partial charge in [0.25, 0.3) is 12.3 Å². The normalized spacial score (nSPS) is 29.2. The second-order valence-electron chi connectivity index (χ2n) is 17.8. The minimum atomic E-state index is -4.06. The van der Waals surface area contributed by atoms with Crippen LogP contribution in [-0.2, 0) is 35.6 Å². The van der Waals surface area contributed by atoms with Crippen LogP contribution < -0.4 is 20.1 Å². The van der Waals surface area contributed by atoms with Gasteiger partial charge in [0.2, 0.25) is 21.8 Å². The van der Waals surface area contributed by atoms with E-state index < -0.39 is 79.8 Å². The number of nitrogens with one attached hydrogen (secondary N) is 3. The van der Waals surface area contributed by atoms with E-state index in [1.807, 2.05) is 32.9 Å². The first-order chi connectivity index (χ1) is 26.8. The molecule has 0 bridgehead atoms. The van der Waals surface area contributed by atoms with Gasteiger partial charge in [0.1, 0.15) is 28.9 Å². The fourth-order valence-corrected chi connectivity index (χ4v) is 9.63. The lowest BCUT2D eigenvalue weighted by atomic mass is 9.87. The van der Waals surface area contributed by atoms with Gasteiger partial charge in [-0.3, -0.25) is 19.1 Å². The number of pyridine rings is 1. The van der Waals surface area contributed by atoms with Gasteiger partial charge in [-0.25, -0.2) is 27.0 Å². The molecule has 4 heterocycles. The number of benzene rings is 1. The van der Waals surface area contributed by atoms with Crippen molar-refractivity contribution in [3.8, 4) is 5.75 Å². The average Bonchev–Trinajstić information content (AvgIpc) is 4.03. The van der Waals surface area contributed by atoms with Crippen molar-refractivity contribution >= 4 is 56.3 Å². The molecule has 5 atom stereocenters. The molecular weight excluding hydrogens is 784 g/mol. The number of carbonyl (C=O) groups is 4. The molecule has 1 spiro atoms. The van der Waals surface area contributed by atoms with Crippen LogP contribution in [-0.4, -0.2) is 83.2 Å². The first kappa shape index (κ1) is 41.1. The van der Waals surface area contributed by atoms with Gasteiger partial charge in [-0.05, 0) is 81.9 Å². The Balaban J connectivity index is 1.25. The van der Waals surface area contributed by atoms with Gasteiger partial charge in [-0.15, -0.1) is 0 Å². The second kappa shape index (κ2) is 15.0. The van der Waals surface area contributed by atoms with E-state index in [9.17, 15) is 36.4 Å². The lowest BCUT2D eigenvalue weighted by Crippen LogP contribution is -2.58. The number of nitrogens with zero attached hydrogens (tertiary/aromatic N) is 2. The van der Waals surface area contributed by atoms with Crippen molar-refractivity contribution in [2.75, 3.05) is 13.2 Å². The van der Waals surface area contributed by atoms with Crippen LogP contribution in [0.2, 0.25) is 5.02 Å². The molecule has 1 aromatic carbocycles. The van der Waals surface area contributed by atoms with E-state index in [4.69, 9.17) is 21.1 Å². The number of alkyl carbamates (subject to hydrolysis) is 1. The number of hydrogen-bond acceptors (Lipinski definition) is 9. The number of ether oxygens (including phenoxy) is 2. The summed E-state index contributed by atoms with van der Waals surface area (Å²) in [5.74, 6) is -2.86. The Morgan fingerprint density at radius 3 is 2.60 bits per heavy atom. The van der Waals surface area contributed by atoms with E-state index in [1.165, 1.54) is 4.90 Å². The quantitative estimate of drug-likeness (QED) is 0.294. The fraction of sp³-hybridized carbons (Fsp3) is 0.625. The molecule has 310 valence electrons. The Bertz CT molecular complexity index is 2130. The molecule has 2 aromatic rings. The third kappa shape index (κ3) is 8.30. The molecule has 0 unspecified atom stereocenters. The number of rotatable bonds is 6. The molecule has 4 amide bonds. The van der Waals surface area contributed by atoms with Crippen LogP contribution in [0.4, 0.5) is 13.6 Å². The molecule has 13 nitrogen and oxygen atoms in total. The predicted molar refractivity (Wildman–Crippen MR) is 207 cm³/mol. The first-order valence-corrected chi connectivity index (χ1v) is 21.5. The third-order valence-corrected chi connectivity index (χ3v) is 14.3. The molecule has 2 saturated carbocycles. The minimum Gasteiger partial charge on any atom is -0.483 e. The molecular formula is C40H50ClF2N5O8S. The summed E-state index contributed by atoms with van der Waals surface area (Å²) in [6, 6.07) is 2.36. The van der Waals surface area contributed by atoms with Gasteiger partial charge in [0.05, 0.1) is 23.4 Å². The number of sulfonamides is 1. The molecule has 5 aliphatic rings. The van der Waals surface area contributed by atoms with E-state index in [2.05, 4.69) is 20.3 Å². The lowest BCUT2D eigenvalue weighted by Gasteiger charge is -2.37. The molecule has 3 aliphatic heterocycles. The third-order valence-electron chi connectivity index (χ3n) is 11.9. The maximum atomic E-state index is 14.7. The van der Waals surface area contributed by atoms with E-state index in [-0.39, 0.29) is 56.4 Å². The molecule has 3 N–H and O–H groups in total. The molecule has 2 aliphatic carbocycles. The Labute approximate surface area is 336 Å². The number of hydrogen-bond donors (Lipinski definition) is 3. The van der Waals surface area contributed by atoms with Gasteiger partial charge in [-0.2, -0.15) is 0 Å². The molecule has 1 aromatic heterocycles. The van der Waals surface area contributed by atoms with E-state index in [1.54, 1.807) is 25.1 Å². The number of alkyl halides is 2. The van der Waals surface area contributed by atoms with Crippen molar-refractivity contribution in [1.29, 1.82) is 0 Å². The summed E-state index contributed by atoms with van der Waals surface area (Å²) in [5.41, 5.74) is -3.07. The highest BCUT2D eigenvalue weighted by molar-refractivity contribution is 7.91. The van der Waals surface area contributed by atoms with Crippen LogP contribution in [0.3, 0.4) is 0 Å². The van der Waals surface area contributed by atoms with E-state index >= 15 is 0 Å². The second-order valence-corrected chi connectivity index (χ2v) is 20.4. The van der Waals surface area contributed by atoms with Crippen molar-refractivity contribution in [1.82, 2.24) is 25.2 Å². The number of aryl methyl sites for hydroxylation is 1. The minimum absolute atomic E-state index is 0.0811. The molecule has 17 heteroatoms. The Morgan fingerprint density at radius 2 is 1.89 bits per heavy atom. The Morgan fingerprint density at radius 1 is 1.14 bits per heavy atom. The van der Waals surface area contributed by atoms with Gasteiger partial charge in [0.15, 0.2) is 5.75 Å². The highest BCUT2D eigenvalue weighted by Gasteiger charge is 2.64. The number of allylic oxidation sites excluding steroid dienone is 1. The standard InChI is InChI=1S/C40H50ClF2N5O8S/c1-37(2,3)22-55-36(52)45-28-11-9-7-5-6-8-10-23-19-40(23,35(51)47-57(53,54)38(4)16-17-38)46-33(49)29-20-39(21-48(29)34(28)50)15-14-25-26-18-24(41)12-13-27(26)44-30(32(42)43)31(25)56-39/h8,10,12-13,18,23,28-29,32H,5-7,9,11,14-17,19-22H2,1-4H3,(H,45,52)(H,46,49)(H,47,51)/b10-8-/t23-,28+,29+,39-,40-/m1/s1. The Hall–Kier alpha value is -4.05. The highest BCUT2D eigenvalue weighted by Crippen LogP contribution is 2.50. The topological polar surface area (TPSA) is 173 Å². The number of aromatic nitrogens is 1. The van der Waals surface area contributed by atoms with Crippen molar-refractivity contribution < 1.29 is 45.9 Å². The maximum Gasteiger partial charge on any atom is 0.407 e. The predicted octanol–water partition coefficient (Wildman–Crippen LogP) is 6.03. The van der Waals surface area contributed by atoms with Crippen LogP contribution in [0.25, 0.3) is 10.9 Å². The maximum absolute atomic E-state index is 14.7. The zero-order chi connectivity index (χ0) is 41.1. The number of carbonyl (C=O) groups excluding carboxylic acids is 4. The molecule has 3 fully saturated rings. The van der Waals surface area contributed by atoms with Gasteiger partial charge >= 0.3 is 6.09 Å². The summed E-state index contributed by atoms with van der Waals surface area (Å²) >= 11 is 6.30. The van der Waals surface area contributed by atoms with Crippen LogP contribution >= 0.6 is 11.6 Å². The largest absolute Gasteiger partial charge is 0.483 e. The summed E-state index contributed by atoms with van der Waals surface area (Å²) in [7, 11) is -4.06. The van der Waals surface area contributed by atoms with Crippen molar-refractivity contribution in [3.63, 3.8) is 0 Å². The van der Waals surface area contributed by atoms with E-state index in [0.717, 1.165) is 6.42 Å². The van der Waals surface area contributed by atoms with Crippen molar-refractivity contribution in [3.05, 3.63) is 46.6 Å². The fourth-order valence-electron chi connectivity index (χ4n) is 8.14. The smallest absolute Gasteiger partial charge is 0.407 e. The molecule has 0 radical (unpaired) electrons. The summed E-state index contributed by atoms with van der Waals surface area (Å²) < 4.78 is 68.8. The average molecular weight is 834 g/mol. The molecule has 1 saturated heterocycles. The highest BCUT2D eigenvalue weighted by atomic mass is 35.5. The Kier molecular flexibility index (Phi) is 10.8. The zero-order valence-electron chi connectivity index (χ0n) is 32.6. The number of amides is 4. The van der Waals surface area contributed by atoms with Crippen molar-refractivity contribution in [2.45, 2.75) is 133 Å². The van der Waals surface area contributed by atoms with Gasteiger partial charge < -0.3 is 25.0 Å². The van der Waals surface area contributed by atoms with Gasteiger partial charge in [-0.1, -0.05) is 57.4 Å². The summed E-state index contributed by atoms with van der Waals surface area (Å²) in [6.45, 7) is 7.11. The number of fused-ring (bicyclic) bond motifs is 5. The number of halogens is 3. The van der Waals surface area contributed by atoms with Crippen molar-refractivity contribution in [2.24, 2.45) is 11.3 Å². The van der Waals surface area contributed by atoms with Gasteiger partial charge in [0, 0.05) is 28.3 Å². The molecule has 57 heavy (non-hydrogen) atoms. The van der Waals surface area contributed by atoms with Crippen LogP contribution in [0.15, 0.2) is 30.4 Å². The molecule has 7 rings (SSSR count). The SMILES string of the molecule is CC(C)(C)COC(=O)N[C@H]1CCCCC/C=C\[C@@H]2C[C@@]2(C(=O)NS(=O)(=O)C2(C)CC2)NC(=O)[C@@H]2C[C@]3(CCc4c(c(C(F)F)nc5ccc(Cl)cc45)O3)CN2C1=O. The monoisotopic (exact) mass is 833 g/mol. The summed E-state index contributed by atoms with van der Waals surface area (Å²) in [6.07, 6.45) is 4.01. The van der Waals surface area contributed by atoms with Crippen LogP contribution in [0, 0.1) is 11.3 Å². The van der Waals surface area contributed by atoms with E-state index in [0.29, 0.717) is 53.6 Å². The summed E-state index contributed by atoms with van der Waals surface area (Å²) in [4.78, 5) is 61.9. The zero-order valence-corrected chi connectivity index (χ0v) is 34.2. The van der Waals surface area contributed by atoms with Crippen LogP contribution in [0.5, 0.6) is 5.75 Å². The lowest BCUT2D eigenvalue weighted by molar-refractivity contribution is -0.141. The van der Waals surface area contributed by atoms with Crippen LogP contribution in [0.1, 0.15) is 110 Å². The first-order valence-electron chi connectivity index (χ1n) is 19.6. The summed E-state index contributed by atoms with van der Waals surface area (Å²) in [5, 5.41) is 6.49.